The normalized spacial score (nSPS) is 20.6. The van der Waals surface area contributed by atoms with Gasteiger partial charge in [-0.1, -0.05) is 75.2 Å². The number of hydrogen-bond acceptors (Lipinski definition) is 5. The van der Waals surface area contributed by atoms with E-state index in [0.717, 1.165) is 35.2 Å². The molecule has 0 radical (unpaired) electrons. The van der Waals surface area contributed by atoms with Crippen LogP contribution < -0.4 is 10.9 Å². The average molecular weight is 498 g/mol. The van der Waals surface area contributed by atoms with Crippen molar-refractivity contribution in [1.29, 1.82) is 0 Å². The van der Waals surface area contributed by atoms with Crippen molar-refractivity contribution >= 4 is 39.2 Å². The lowest BCUT2D eigenvalue weighted by atomic mass is 9.78. The standard InChI is InChI=1S/C27H35N3O2S2/c1-6-22-19(5)24-25(34-22)29-27(30(26(24)32)14-20-12-10-16(2)11-13-20)33-15-23(31)28-21-9-7-8-17(3)18(21)4/h10-13,17-18,21H,6-9,14-15H2,1-5H3,(H,28,31). The molecule has 1 saturated carbocycles. The highest BCUT2D eigenvalue weighted by atomic mass is 32.2. The van der Waals surface area contributed by atoms with E-state index in [1.54, 1.807) is 15.9 Å². The molecule has 3 aromatic rings. The second-order valence-electron chi connectivity index (χ2n) is 9.69. The summed E-state index contributed by atoms with van der Waals surface area (Å²) in [6.45, 7) is 11.1. The lowest BCUT2D eigenvalue weighted by Gasteiger charge is -2.34. The van der Waals surface area contributed by atoms with E-state index in [1.807, 2.05) is 6.92 Å². The van der Waals surface area contributed by atoms with Gasteiger partial charge in [0.2, 0.25) is 5.91 Å². The van der Waals surface area contributed by atoms with Crippen LogP contribution in [0.5, 0.6) is 0 Å². The van der Waals surface area contributed by atoms with Gasteiger partial charge in [-0.15, -0.1) is 11.3 Å². The molecule has 1 aromatic carbocycles. The summed E-state index contributed by atoms with van der Waals surface area (Å²) in [4.78, 5) is 33.3. The van der Waals surface area contributed by atoms with E-state index >= 15 is 0 Å². The first kappa shape index (κ1) is 25.0. The molecule has 7 heteroatoms. The molecular weight excluding hydrogens is 462 g/mol. The van der Waals surface area contributed by atoms with Crippen molar-refractivity contribution in [1.82, 2.24) is 14.9 Å². The third-order valence-electron chi connectivity index (χ3n) is 7.28. The quantitative estimate of drug-likeness (QED) is 0.335. The number of thiophene rings is 1. The SMILES string of the molecule is CCc1sc2nc(SCC(=O)NC3CCCC(C)C3C)n(Cc3ccc(C)cc3)c(=O)c2c1C. The van der Waals surface area contributed by atoms with Crippen molar-refractivity contribution in [2.75, 3.05) is 5.75 Å². The van der Waals surface area contributed by atoms with Crippen LogP contribution in [0.25, 0.3) is 10.2 Å². The zero-order chi connectivity index (χ0) is 24.4. The van der Waals surface area contributed by atoms with Crippen LogP contribution in [0.15, 0.2) is 34.2 Å². The van der Waals surface area contributed by atoms with Gasteiger partial charge in [0, 0.05) is 10.9 Å². The first-order chi connectivity index (χ1) is 16.3. The molecule has 1 aliphatic carbocycles. The molecular formula is C27H35N3O2S2. The van der Waals surface area contributed by atoms with Crippen molar-refractivity contribution in [3.05, 3.63) is 56.2 Å². The molecule has 0 saturated heterocycles. The number of nitrogens with zero attached hydrogens (tertiary/aromatic N) is 2. The summed E-state index contributed by atoms with van der Waals surface area (Å²) in [7, 11) is 0. The molecule has 1 fully saturated rings. The van der Waals surface area contributed by atoms with E-state index in [4.69, 9.17) is 4.98 Å². The van der Waals surface area contributed by atoms with Gasteiger partial charge in [-0.25, -0.2) is 4.98 Å². The number of benzene rings is 1. The minimum absolute atomic E-state index is 0.0170. The molecule has 4 rings (SSSR count). The second kappa shape index (κ2) is 10.6. The summed E-state index contributed by atoms with van der Waals surface area (Å²) in [5.41, 5.74) is 3.25. The third kappa shape index (κ3) is 5.25. The summed E-state index contributed by atoms with van der Waals surface area (Å²) in [5.74, 6) is 1.39. The first-order valence-electron chi connectivity index (χ1n) is 12.3. The number of hydrogen-bond donors (Lipinski definition) is 1. The molecule has 0 aliphatic heterocycles. The summed E-state index contributed by atoms with van der Waals surface area (Å²) in [5, 5.41) is 4.58. The summed E-state index contributed by atoms with van der Waals surface area (Å²) in [6.07, 6.45) is 4.32. The van der Waals surface area contributed by atoms with Crippen LogP contribution >= 0.6 is 23.1 Å². The topological polar surface area (TPSA) is 64.0 Å². The van der Waals surface area contributed by atoms with Gasteiger partial charge in [-0.2, -0.15) is 0 Å². The zero-order valence-electron chi connectivity index (χ0n) is 20.8. The number of thioether (sulfide) groups is 1. The summed E-state index contributed by atoms with van der Waals surface area (Å²) >= 11 is 2.96. The Morgan fingerprint density at radius 2 is 1.94 bits per heavy atom. The van der Waals surface area contributed by atoms with Gasteiger partial charge in [0.05, 0.1) is 17.7 Å². The molecule has 1 amide bonds. The number of fused-ring (bicyclic) bond motifs is 1. The van der Waals surface area contributed by atoms with E-state index in [-0.39, 0.29) is 23.3 Å². The van der Waals surface area contributed by atoms with Crippen molar-refractivity contribution in [3.63, 3.8) is 0 Å². The monoisotopic (exact) mass is 497 g/mol. The van der Waals surface area contributed by atoms with Crippen LogP contribution in [-0.2, 0) is 17.8 Å². The van der Waals surface area contributed by atoms with Crippen molar-refractivity contribution in [2.24, 2.45) is 11.8 Å². The lowest BCUT2D eigenvalue weighted by molar-refractivity contribution is -0.120. The Morgan fingerprint density at radius 1 is 1.21 bits per heavy atom. The average Bonchev–Trinajstić information content (AvgIpc) is 3.14. The largest absolute Gasteiger partial charge is 0.352 e. The number of aryl methyl sites for hydroxylation is 3. The number of carbonyl (C=O) groups is 1. The van der Waals surface area contributed by atoms with Gasteiger partial charge >= 0.3 is 0 Å². The zero-order valence-corrected chi connectivity index (χ0v) is 22.4. The Balaban J connectivity index is 1.61. The van der Waals surface area contributed by atoms with Crippen LogP contribution in [0.1, 0.15) is 61.6 Å². The van der Waals surface area contributed by atoms with Crippen molar-refractivity contribution < 1.29 is 4.79 Å². The molecule has 1 N–H and O–H groups in total. The lowest BCUT2D eigenvalue weighted by Crippen LogP contribution is -2.44. The molecule has 3 atom stereocenters. The summed E-state index contributed by atoms with van der Waals surface area (Å²) < 4.78 is 1.75. The second-order valence-corrected chi connectivity index (χ2v) is 11.7. The fourth-order valence-corrected chi connectivity index (χ4v) is 6.84. The number of nitrogens with one attached hydrogen (secondary N) is 1. The number of aromatic nitrogens is 2. The molecule has 0 bridgehead atoms. The fourth-order valence-electron chi connectivity index (χ4n) is 4.87. The fraction of sp³-hybridized carbons (Fsp3) is 0.519. The van der Waals surface area contributed by atoms with Gasteiger partial charge < -0.3 is 5.32 Å². The van der Waals surface area contributed by atoms with Crippen LogP contribution in [-0.4, -0.2) is 27.3 Å². The van der Waals surface area contributed by atoms with Crippen LogP contribution in [0.3, 0.4) is 0 Å². The minimum atomic E-state index is -0.0170. The van der Waals surface area contributed by atoms with Gasteiger partial charge in [0.25, 0.3) is 5.56 Å². The Hall–Kier alpha value is -2.12. The van der Waals surface area contributed by atoms with Crippen LogP contribution in [0.4, 0.5) is 0 Å². The van der Waals surface area contributed by atoms with Gasteiger partial charge in [-0.3, -0.25) is 14.2 Å². The summed E-state index contributed by atoms with van der Waals surface area (Å²) in [6, 6.07) is 8.45. The Labute approximate surface area is 210 Å². The number of rotatable bonds is 7. The maximum atomic E-state index is 13.6. The minimum Gasteiger partial charge on any atom is -0.352 e. The number of carbonyl (C=O) groups excluding carboxylic acids is 1. The highest BCUT2D eigenvalue weighted by molar-refractivity contribution is 7.99. The molecule has 34 heavy (non-hydrogen) atoms. The molecule has 2 aromatic heterocycles. The molecule has 1 aliphatic rings. The molecule has 5 nitrogen and oxygen atoms in total. The molecule has 182 valence electrons. The smallest absolute Gasteiger partial charge is 0.263 e. The third-order valence-corrected chi connectivity index (χ3v) is 9.59. The van der Waals surface area contributed by atoms with E-state index < -0.39 is 0 Å². The Morgan fingerprint density at radius 3 is 2.65 bits per heavy atom. The van der Waals surface area contributed by atoms with Gasteiger partial charge in [0.15, 0.2) is 5.16 Å². The Kier molecular flexibility index (Phi) is 7.83. The predicted octanol–water partition coefficient (Wildman–Crippen LogP) is 5.72. The van der Waals surface area contributed by atoms with Crippen molar-refractivity contribution in [2.45, 2.75) is 78.0 Å². The maximum absolute atomic E-state index is 13.6. The van der Waals surface area contributed by atoms with Crippen LogP contribution in [0, 0.1) is 25.7 Å². The Bertz CT molecular complexity index is 1230. The van der Waals surface area contributed by atoms with Gasteiger partial charge in [-0.05, 0) is 49.7 Å². The van der Waals surface area contributed by atoms with E-state index in [1.165, 1.54) is 28.6 Å². The van der Waals surface area contributed by atoms with Crippen LogP contribution in [0.2, 0.25) is 0 Å². The number of amides is 1. The van der Waals surface area contributed by atoms with E-state index in [2.05, 4.69) is 57.3 Å². The predicted molar refractivity (Wildman–Crippen MR) is 143 cm³/mol. The van der Waals surface area contributed by atoms with E-state index in [9.17, 15) is 9.59 Å². The molecule has 2 heterocycles. The van der Waals surface area contributed by atoms with Crippen molar-refractivity contribution in [3.8, 4) is 0 Å². The highest BCUT2D eigenvalue weighted by Crippen LogP contribution is 2.31. The van der Waals surface area contributed by atoms with E-state index in [0.29, 0.717) is 28.9 Å². The highest BCUT2D eigenvalue weighted by Gasteiger charge is 2.28. The molecule has 3 unspecified atom stereocenters. The first-order valence-corrected chi connectivity index (χ1v) is 14.1. The molecule has 0 spiro atoms. The van der Waals surface area contributed by atoms with Gasteiger partial charge in [0.1, 0.15) is 4.83 Å². The maximum Gasteiger partial charge on any atom is 0.263 e.